The van der Waals surface area contributed by atoms with Gasteiger partial charge in [-0.15, -0.1) is 0 Å². The Labute approximate surface area is 148 Å². The van der Waals surface area contributed by atoms with Gasteiger partial charge >= 0.3 is 0 Å². The van der Waals surface area contributed by atoms with Gasteiger partial charge in [0.15, 0.2) is 0 Å². The lowest BCUT2D eigenvalue weighted by Gasteiger charge is -2.23. The molecule has 0 fully saturated rings. The molecular formula is C21H23N3O. The third kappa shape index (κ3) is 2.83. The zero-order chi connectivity index (χ0) is 17.4. The standard InChI is InChI=1S/C21H23N3O/c1-22(2)12-7-13-23-19-11-6-4-9-17(19)15-24-18-10-5-3-8-16(18)14-20(24)21(23)25/h3-6,8-11,14H,7,12-13,15H2,1-2H3. The minimum absolute atomic E-state index is 0.0971. The van der Waals surface area contributed by atoms with Crippen LogP contribution < -0.4 is 4.90 Å². The van der Waals surface area contributed by atoms with Crippen molar-refractivity contribution in [1.82, 2.24) is 9.47 Å². The van der Waals surface area contributed by atoms with Crippen molar-refractivity contribution in [1.29, 1.82) is 0 Å². The minimum Gasteiger partial charge on any atom is -0.332 e. The van der Waals surface area contributed by atoms with Gasteiger partial charge in [-0.05, 0) is 50.8 Å². The van der Waals surface area contributed by atoms with Gasteiger partial charge in [-0.25, -0.2) is 0 Å². The second-order valence-electron chi connectivity index (χ2n) is 6.92. The van der Waals surface area contributed by atoms with Crippen molar-refractivity contribution in [2.75, 3.05) is 32.1 Å². The summed E-state index contributed by atoms with van der Waals surface area (Å²) in [6.45, 7) is 2.43. The number of carbonyl (C=O) groups is 1. The van der Waals surface area contributed by atoms with E-state index in [1.165, 1.54) is 5.56 Å². The molecule has 0 N–H and O–H groups in total. The molecule has 0 saturated carbocycles. The van der Waals surface area contributed by atoms with Gasteiger partial charge in [0.25, 0.3) is 5.91 Å². The molecule has 1 aliphatic heterocycles. The smallest absolute Gasteiger partial charge is 0.274 e. The monoisotopic (exact) mass is 333 g/mol. The largest absolute Gasteiger partial charge is 0.332 e. The number of amides is 1. The van der Waals surface area contributed by atoms with E-state index in [9.17, 15) is 4.79 Å². The average molecular weight is 333 g/mol. The summed E-state index contributed by atoms with van der Waals surface area (Å²) < 4.78 is 2.16. The third-order valence-electron chi connectivity index (χ3n) is 4.87. The van der Waals surface area contributed by atoms with Gasteiger partial charge in [-0.2, -0.15) is 0 Å². The summed E-state index contributed by atoms with van der Waals surface area (Å²) in [6, 6.07) is 18.5. The molecule has 0 atom stereocenters. The maximum Gasteiger partial charge on any atom is 0.274 e. The molecule has 0 spiro atoms. The topological polar surface area (TPSA) is 28.5 Å². The number of carbonyl (C=O) groups excluding carboxylic acids is 1. The predicted octanol–water partition coefficient (Wildman–Crippen LogP) is 3.60. The molecule has 0 radical (unpaired) electrons. The highest BCUT2D eigenvalue weighted by Crippen LogP contribution is 2.31. The van der Waals surface area contributed by atoms with Crippen molar-refractivity contribution in [2.45, 2.75) is 13.0 Å². The van der Waals surface area contributed by atoms with E-state index in [0.29, 0.717) is 0 Å². The molecule has 2 heterocycles. The lowest BCUT2D eigenvalue weighted by atomic mass is 10.1. The zero-order valence-electron chi connectivity index (χ0n) is 14.8. The van der Waals surface area contributed by atoms with E-state index in [4.69, 9.17) is 0 Å². The quantitative estimate of drug-likeness (QED) is 0.730. The molecule has 0 bridgehead atoms. The van der Waals surface area contributed by atoms with Crippen LogP contribution in [0.4, 0.5) is 5.69 Å². The van der Waals surface area contributed by atoms with Crippen molar-refractivity contribution >= 4 is 22.5 Å². The highest BCUT2D eigenvalue weighted by molar-refractivity contribution is 6.09. The van der Waals surface area contributed by atoms with Crippen molar-refractivity contribution in [2.24, 2.45) is 0 Å². The van der Waals surface area contributed by atoms with Crippen molar-refractivity contribution in [3.05, 3.63) is 65.9 Å². The Morgan fingerprint density at radius 1 is 1.04 bits per heavy atom. The van der Waals surface area contributed by atoms with Crippen LogP contribution in [0, 0.1) is 0 Å². The predicted molar refractivity (Wildman–Crippen MR) is 102 cm³/mol. The van der Waals surface area contributed by atoms with E-state index >= 15 is 0 Å². The molecule has 4 rings (SSSR count). The van der Waals surface area contributed by atoms with Crippen LogP contribution in [0.25, 0.3) is 10.9 Å². The second kappa shape index (κ2) is 6.37. The normalized spacial score (nSPS) is 13.9. The third-order valence-corrected chi connectivity index (χ3v) is 4.87. The molecule has 0 unspecified atom stereocenters. The first-order valence-electron chi connectivity index (χ1n) is 8.78. The Morgan fingerprint density at radius 3 is 2.64 bits per heavy atom. The van der Waals surface area contributed by atoms with Gasteiger partial charge in [0, 0.05) is 23.1 Å². The van der Waals surface area contributed by atoms with Crippen molar-refractivity contribution in [3.63, 3.8) is 0 Å². The van der Waals surface area contributed by atoms with Gasteiger partial charge in [-0.1, -0.05) is 36.4 Å². The van der Waals surface area contributed by atoms with Crippen LogP contribution in [0.15, 0.2) is 54.6 Å². The second-order valence-corrected chi connectivity index (χ2v) is 6.92. The fourth-order valence-corrected chi connectivity index (χ4v) is 3.65. The van der Waals surface area contributed by atoms with E-state index in [0.717, 1.165) is 48.3 Å². The molecule has 4 nitrogen and oxygen atoms in total. The SMILES string of the molecule is CN(C)CCCN1C(=O)c2cc3ccccc3n2Cc2ccccc21. The van der Waals surface area contributed by atoms with Crippen LogP contribution in [-0.2, 0) is 6.54 Å². The summed E-state index contributed by atoms with van der Waals surface area (Å²) in [5, 5.41) is 1.12. The summed E-state index contributed by atoms with van der Waals surface area (Å²) in [7, 11) is 4.13. The molecule has 128 valence electrons. The number of benzene rings is 2. The first kappa shape index (κ1) is 15.9. The van der Waals surface area contributed by atoms with E-state index in [-0.39, 0.29) is 5.91 Å². The Kier molecular flexibility index (Phi) is 4.06. The number of rotatable bonds is 4. The van der Waals surface area contributed by atoms with Crippen LogP contribution in [0.3, 0.4) is 0 Å². The number of aromatic nitrogens is 1. The number of anilines is 1. The molecule has 1 aromatic heterocycles. The first-order chi connectivity index (χ1) is 12.1. The van der Waals surface area contributed by atoms with E-state index in [2.05, 4.69) is 53.9 Å². The van der Waals surface area contributed by atoms with Crippen molar-refractivity contribution in [3.8, 4) is 0 Å². The Morgan fingerprint density at radius 2 is 1.80 bits per heavy atom. The zero-order valence-corrected chi connectivity index (χ0v) is 14.8. The van der Waals surface area contributed by atoms with Gasteiger partial charge in [0.05, 0.1) is 6.54 Å². The summed E-state index contributed by atoms with van der Waals surface area (Å²) in [5.41, 5.74) is 4.14. The van der Waals surface area contributed by atoms with Gasteiger partial charge < -0.3 is 14.4 Å². The molecule has 25 heavy (non-hydrogen) atoms. The number of hydrogen-bond donors (Lipinski definition) is 0. The van der Waals surface area contributed by atoms with E-state index < -0.39 is 0 Å². The molecule has 0 saturated heterocycles. The summed E-state index contributed by atoms with van der Waals surface area (Å²) in [6.07, 6.45) is 0.952. The summed E-state index contributed by atoms with van der Waals surface area (Å²) in [4.78, 5) is 17.4. The first-order valence-corrected chi connectivity index (χ1v) is 8.78. The molecule has 1 amide bonds. The highest BCUT2D eigenvalue weighted by Gasteiger charge is 2.27. The Balaban J connectivity index is 1.80. The highest BCUT2D eigenvalue weighted by atomic mass is 16.2. The molecule has 4 heteroatoms. The van der Waals surface area contributed by atoms with Crippen LogP contribution in [0.1, 0.15) is 22.5 Å². The number of fused-ring (bicyclic) bond motifs is 4. The van der Waals surface area contributed by atoms with Crippen LogP contribution in [0.5, 0.6) is 0 Å². The number of para-hydroxylation sites is 2. The van der Waals surface area contributed by atoms with E-state index in [1.54, 1.807) is 0 Å². The lowest BCUT2D eigenvalue weighted by Crippen LogP contribution is -2.33. The molecule has 0 aliphatic carbocycles. The fourth-order valence-electron chi connectivity index (χ4n) is 3.65. The van der Waals surface area contributed by atoms with Gasteiger partial charge in [0.2, 0.25) is 0 Å². The Bertz CT molecular complexity index is 926. The van der Waals surface area contributed by atoms with Crippen LogP contribution >= 0.6 is 0 Å². The minimum atomic E-state index is 0.0971. The van der Waals surface area contributed by atoms with Crippen LogP contribution in [0.2, 0.25) is 0 Å². The molecule has 2 aromatic carbocycles. The maximum atomic E-state index is 13.3. The summed E-state index contributed by atoms with van der Waals surface area (Å²) in [5.74, 6) is 0.0971. The van der Waals surface area contributed by atoms with Gasteiger partial charge in [0.1, 0.15) is 5.69 Å². The maximum absolute atomic E-state index is 13.3. The average Bonchev–Trinajstić information content (AvgIpc) is 2.92. The number of hydrogen-bond acceptors (Lipinski definition) is 2. The van der Waals surface area contributed by atoms with Crippen LogP contribution in [-0.4, -0.2) is 42.6 Å². The molecular weight excluding hydrogens is 310 g/mol. The Hall–Kier alpha value is -2.59. The fraction of sp³-hybridized carbons (Fsp3) is 0.286. The number of nitrogens with zero attached hydrogens (tertiary/aromatic N) is 3. The summed E-state index contributed by atoms with van der Waals surface area (Å²) >= 11 is 0. The molecule has 1 aliphatic rings. The molecule has 3 aromatic rings. The lowest BCUT2D eigenvalue weighted by molar-refractivity contribution is 0.0980. The van der Waals surface area contributed by atoms with Gasteiger partial charge in [-0.3, -0.25) is 4.79 Å². The van der Waals surface area contributed by atoms with E-state index in [1.807, 2.05) is 29.2 Å². The van der Waals surface area contributed by atoms with Crippen molar-refractivity contribution < 1.29 is 4.79 Å².